The maximum atomic E-state index is 12.3. The molecule has 2 aliphatic rings. The summed E-state index contributed by atoms with van der Waals surface area (Å²) < 4.78 is 0. The molecule has 0 fully saturated rings. The molecule has 114 valence electrons. The summed E-state index contributed by atoms with van der Waals surface area (Å²) in [5.41, 5.74) is 1.95. The van der Waals surface area contributed by atoms with Crippen molar-refractivity contribution < 1.29 is 19.5 Å². The first-order chi connectivity index (χ1) is 10.5. The summed E-state index contributed by atoms with van der Waals surface area (Å²) in [6.07, 6.45) is 0.841. The number of carboxylic acid groups (broad SMARTS) is 1. The fourth-order valence-electron chi connectivity index (χ4n) is 3.20. The Hall–Kier alpha value is -2.14. The monoisotopic (exact) mass is 319 g/mol. The molecule has 0 radical (unpaired) electrons. The van der Waals surface area contributed by atoms with Gasteiger partial charge in [0, 0.05) is 35.1 Å². The van der Waals surface area contributed by atoms with Crippen LogP contribution in [0.1, 0.15) is 30.7 Å². The van der Waals surface area contributed by atoms with Crippen LogP contribution in [-0.2, 0) is 14.4 Å². The molecule has 1 amide bonds. The van der Waals surface area contributed by atoms with E-state index in [1.165, 1.54) is 4.90 Å². The standard InChI is InChI=1S/C16H14ClNO4/c17-10-3-1-2-9(6-10)11-7-14(20)18(8-15(21)22)12-4-5-13(19)16(11)12/h1-3,6,11H,4-5,7-8H2,(H,21,22). The average molecular weight is 320 g/mol. The van der Waals surface area contributed by atoms with Crippen LogP contribution in [0.3, 0.4) is 0 Å². The van der Waals surface area contributed by atoms with Gasteiger partial charge in [0.1, 0.15) is 6.54 Å². The van der Waals surface area contributed by atoms with Crippen molar-refractivity contribution in [3.8, 4) is 0 Å². The molecule has 1 aromatic rings. The zero-order valence-electron chi connectivity index (χ0n) is 11.7. The van der Waals surface area contributed by atoms with Crippen molar-refractivity contribution in [2.24, 2.45) is 0 Å². The Morgan fingerprint density at radius 2 is 2.09 bits per heavy atom. The molecule has 0 spiro atoms. The zero-order chi connectivity index (χ0) is 15.9. The van der Waals surface area contributed by atoms with Crippen LogP contribution >= 0.6 is 11.6 Å². The molecular formula is C16H14ClNO4. The van der Waals surface area contributed by atoms with Crippen molar-refractivity contribution in [1.82, 2.24) is 4.90 Å². The lowest BCUT2D eigenvalue weighted by atomic mass is 9.84. The third-order valence-electron chi connectivity index (χ3n) is 4.10. The Labute approximate surface area is 132 Å². The number of ketones is 1. The second kappa shape index (κ2) is 5.57. The Kier molecular flexibility index (Phi) is 3.74. The van der Waals surface area contributed by atoms with E-state index in [0.717, 1.165) is 5.56 Å². The molecule has 1 atom stereocenters. The number of carbonyl (C=O) groups excluding carboxylic acids is 2. The topological polar surface area (TPSA) is 74.7 Å². The number of benzene rings is 1. The van der Waals surface area contributed by atoms with E-state index in [4.69, 9.17) is 16.7 Å². The van der Waals surface area contributed by atoms with Crippen LogP contribution in [-0.4, -0.2) is 34.2 Å². The van der Waals surface area contributed by atoms with Crippen molar-refractivity contribution in [2.45, 2.75) is 25.2 Å². The quantitative estimate of drug-likeness (QED) is 0.928. The molecule has 1 aromatic carbocycles. The predicted octanol–water partition coefficient (Wildman–Crippen LogP) is 2.36. The third-order valence-corrected chi connectivity index (χ3v) is 4.33. The van der Waals surface area contributed by atoms with Crippen LogP contribution in [0.2, 0.25) is 5.02 Å². The van der Waals surface area contributed by atoms with Crippen LogP contribution in [0.15, 0.2) is 35.5 Å². The van der Waals surface area contributed by atoms with Gasteiger partial charge in [0.25, 0.3) is 0 Å². The van der Waals surface area contributed by atoms with Crippen molar-refractivity contribution >= 4 is 29.3 Å². The Bertz CT molecular complexity index is 710. The number of halogens is 1. The first kappa shape index (κ1) is 14.8. The summed E-state index contributed by atoms with van der Waals surface area (Å²) in [6.45, 7) is -0.396. The lowest BCUT2D eigenvalue weighted by Crippen LogP contribution is -2.39. The van der Waals surface area contributed by atoms with E-state index in [9.17, 15) is 14.4 Å². The zero-order valence-corrected chi connectivity index (χ0v) is 12.5. The second-order valence-electron chi connectivity index (χ2n) is 5.47. The number of carboxylic acids is 1. The van der Waals surface area contributed by atoms with E-state index in [1.807, 2.05) is 6.07 Å². The van der Waals surface area contributed by atoms with Gasteiger partial charge in [-0.2, -0.15) is 0 Å². The van der Waals surface area contributed by atoms with Gasteiger partial charge >= 0.3 is 5.97 Å². The van der Waals surface area contributed by atoms with E-state index in [0.29, 0.717) is 29.1 Å². The summed E-state index contributed by atoms with van der Waals surface area (Å²) in [7, 11) is 0. The summed E-state index contributed by atoms with van der Waals surface area (Å²) in [5, 5.41) is 9.52. The van der Waals surface area contributed by atoms with Gasteiger partial charge in [-0.25, -0.2) is 0 Å². The molecule has 0 bridgehead atoms. The van der Waals surface area contributed by atoms with Gasteiger partial charge in [0.05, 0.1) is 0 Å². The Balaban J connectivity index is 2.06. The molecule has 0 saturated heterocycles. The van der Waals surface area contributed by atoms with Crippen molar-refractivity contribution in [1.29, 1.82) is 0 Å². The highest BCUT2D eigenvalue weighted by atomic mass is 35.5. The lowest BCUT2D eigenvalue weighted by Gasteiger charge is -2.32. The summed E-state index contributed by atoms with van der Waals surface area (Å²) in [6, 6.07) is 7.11. The van der Waals surface area contributed by atoms with Crippen LogP contribution in [0.25, 0.3) is 0 Å². The van der Waals surface area contributed by atoms with Gasteiger partial charge in [0.2, 0.25) is 5.91 Å². The van der Waals surface area contributed by atoms with Gasteiger partial charge in [-0.3, -0.25) is 14.4 Å². The minimum Gasteiger partial charge on any atom is -0.480 e. The summed E-state index contributed by atoms with van der Waals surface area (Å²) >= 11 is 6.00. The highest BCUT2D eigenvalue weighted by Crippen LogP contribution is 2.42. The minimum atomic E-state index is -1.08. The molecule has 1 unspecified atom stereocenters. The maximum absolute atomic E-state index is 12.3. The van der Waals surface area contributed by atoms with Crippen molar-refractivity contribution in [3.05, 3.63) is 46.1 Å². The summed E-state index contributed by atoms with van der Waals surface area (Å²) in [5.74, 6) is -1.69. The number of aliphatic carboxylic acids is 1. The normalized spacial score (nSPS) is 21.3. The highest BCUT2D eigenvalue weighted by Gasteiger charge is 2.41. The van der Waals surface area contributed by atoms with Crippen LogP contribution in [0.4, 0.5) is 0 Å². The minimum absolute atomic E-state index is 0.0112. The van der Waals surface area contributed by atoms with Gasteiger partial charge in [-0.1, -0.05) is 23.7 Å². The first-order valence-electron chi connectivity index (χ1n) is 7.01. The number of nitrogens with zero attached hydrogens (tertiary/aromatic N) is 1. The van der Waals surface area contributed by atoms with Crippen LogP contribution in [0, 0.1) is 0 Å². The number of rotatable bonds is 3. The number of Topliss-reactive ketones (excluding diaryl/α,β-unsaturated/α-hetero) is 1. The van der Waals surface area contributed by atoms with Gasteiger partial charge in [0.15, 0.2) is 5.78 Å². The molecule has 5 nitrogen and oxygen atoms in total. The fraction of sp³-hybridized carbons (Fsp3) is 0.312. The number of hydrogen-bond acceptors (Lipinski definition) is 3. The van der Waals surface area contributed by atoms with Crippen molar-refractivity contribution in [3.63, 3.8) is 0 Å². The molecule has 1 aliphatic heterocycles. The third kappa shape index (κ3) is 2.52. The van der Waals surface area contributed by atoms with Gasteiger partial charge in [-0.05, 0) is 24.1 Å². The van der Waals surface area contributed by atoms with Crippen LogP contribution < -0.4 is 0 Å². The van der Waals surface area contributed by atoms with Crippen molar-refractivity contribution in [2.75, 3.05) is 6.54 Å². The largest absolute Gasteiger partial charge is 0.480 e. The summed E-state index contributed by atoms with van der Waals surface area (Å²) in [4.78, 5) is 36.8. The molecule has 6 heteroatoms. The molecule has 22 heavy (non-hydrogen) atoms. The molecule has 1 N–H and O–H groups in total. The van der Waals surface area contributed by atoms with E-state index < -0.39 is 12.5 Å². The molecular weight excluding hydrogens is 306 g/mol. The Morgan fingerprint density at radius 3 is 2.77 bits per heavy atom. The number of carbonyl (C=O) groups is 3. The number of amides is 1. The fourth-order valence-corrected chi connectivity index (χ4v) is 3.40. The molecule has 0 saturated carbocycles. The smallest absolute Gasteiger partial charge is 0.323 e. The molecule has 0 aromatic heterocycles. The Morgan fingerprint density at radius 1 is 1.32 bits per heavy atom. The van der Waals surface area contributed by atoms with Gasteiger partial charge in [-0.15, -0.1) is 0 Å². The van der Waals surface area contributed by atoms with E-state index in [1.54, 1.807) is 18.2 Å². The second-order valence-corrected chi connectivity index (χ2v) is 5.91. The van der Waals surface area contributed by atoms with Crippen LogP contribution in [0.5, 0.6) is 0 Å². The predicted molar refractivity (Wildman–Crippen MR) is 79.4 cm³/mol. The molecule has 1 heterocycles. The maximum Gasteiger partial charge on any atom is 0.323 e. The van der Waals surface area contributed by atoms with Gasteiger partial charge < -0.3 is 10.0 Å². The van der Waals surface area contributed by atoms with E-state index >= 15 is 0 Å². The average Bonchev–Trinajstić information content (AvgIpc) is 2.83. The van der Waals surface area contributed by atoms with E-state index in [2.05, 4.69) is 0 Å². The molecule has 3 rings (SSSR count). The number of allylic oxidation sites excluding steroid dienone is 2. The SMILES string of the molecule is O=C(O)CN1C(=O)CC(c2cccc(Cl)c2)C2=C1CCC2=O. The lowest BCUT2D eigenvalue weighted by molar-refractivity contribution is -0.143. The molecule has 1 aliphatic carbocycles. The first-order valence-corrected chi connectivity index (χ1v) is 7.39. The highest BCUT2D eigenvalue weighted by molar-refractivity contribution is 6.30. The number of hydrogen-bond donors (Lipinski definition) is 1. The van der Waals surface area contributed by atoms with E-state index in [-0.39, 0.29) is 24.0 Å².